The van der Waals surface area contributed by atoms with Gasteiger partial charge in [-0.2, -0.15) is 0 Å². The summed E-state index contributed by atoms with van der Waals surface area (Å²) in [4.78, 5) is 23.1. The van der Waals surface area contributed by atoms with Crippen LogP contribution in [0.25, 0.3) is 0 Å². The van der Waals surface area contributed by atoms with Crippen LogP contribution >= 0.6 is 0 Å². The fourth-order valence-electron chi connectivity index (χ4n) is 3.02. The standard InChI is InChI=1S/C16H22N2O3/c17-9-12-5-2-1-4-11(12)8-15(19)18-10-13-6-3-7-14(13)16(20)21/h1-2,4-5,13-14H,3,6-10,17H2,(H,18,19)(H,20,21). The zero-order chi connectivity index (χ0) is 15.2. The van der Waals surface area contributed by atoms with E-state index in [1.54, 1.807) is 0 Å². The molecule has 0 heterocycles. The lowest BCUT2D eigenvalue weighted by molar-refractivity contribution is -0.143. The molecule has 0 spiro atoms. The Hall–Kier alpha value is -1.88. The quantitative estimate of drug-likeness (QED) is 0.736. The first-order valence-corrected chi connectivity index (χ1v) is 7.38. The Morgan fingerprint density at radius 3 is 2.62 bits per heavy atom. The monoisotopic (exact) mass is 290 g/mol. The summed E-state index contributed by atoms with van der Waals surface area (Å²) in [5.74, 6) is -1.09. The molecule has 1 aromatic carbocycles. The molecule has 4 N–H and O–H groups in total. The lowest BCUT2D eigenvalue weighted by Gasteiger charge is -2.16. The number of nitrogens with two attached hydrogens (primary N) is 1. The number of amides is 1. The minimum Gasteiger partial charge on any atom is -0.481 e. The summed E-state index contributed by atoms with van der Waals surface area (Å²) in [5.41, 5.74) is 7.55. The maximum atomic E-state index is 12.0. The highest BCUT2D eigenvalue weighted by Gasteiger charge is 2.32. The molecule has 0 aromatic heterocycles. The van der Waals surface area contributed by atoms with Crippen molar-refractivity contribution in [2.75, 3.05) is 6.54 Å². The van der Waals surface area contributed by atoms with E-state index in [0.29, 0.717) is 19.5 Å². The molecule has 1 aliphatic rings. The predicted molar refractivity (Wildman–Crippen MR) is 79.5 cm³/mol. The van der Waals surface area contributed by atoms with E-state index < -0.39 is 5.97 Å². The molecule has 0 aliphatic heterocycles. The molecule has 0 bridgehead atoms. The number of carboxylic acids is 1. The summed E-state index contributed by atoms with van der Waals surface area (Å²) in [6.45, 7) is 0.855. The number of hydrogen-bond acceptors (Lipinski definition) is 3. The molecule has 21 heavy (non-hydrogen) atoms. The number of hydrogen-bond donors (Lipinski definition) is 3. The summed E-state index contributed by atoms with van der Waals surface area (Å²) in [5, 5.41) is 12.0. The van der Waals surface area contributed by atoms with Crippen LogP contribution in [0, 0.1) is 11.8 Å². The van der Waals surface area contributed by atoms with E-state index in [-0.39, 0.29) is 24.2 Å². The highest BCUT2D eigenvalue weighted by molar-refractivity contribution is 5.79. The van der Waals surface area contributed by atoms with E-state index in [4.69, 9.17) is 10.8 Å². The van der Waals surface area contributed by atoms with E-state index in [1.807, 2.05) is 24.3 Å². The zero-order valence-electron chi connectivity index (χ0n) is 12.0. The summed E-state index contributed by atoms with van der Waals surface area (Å²) in [6, 6.07) is 7.61. The van der Waals surface area contributed by atoms with E-state index in [9.17, 15) is 9.59 Å². The molecule has 5 nitrogen and oxygen atoms in total. The van der Waals surface area contributed by atoms with Gasteiger partial charge < -0.3 is 16.2 Å². The Bertz CT molecular complexity index is 516. The van der Waals surface area contributed by atoms with Crippen molar-refractivity contribution in [2.45, 2.75) is 32.2 Å². The maximum absolute atomic E-state index is 12.0. The molecule has 0 radical (unpaired) electrons. The van der Waals surface area contributed by atoms with Crippen LogP contribution in [-0.2, 0) is 22.6 Å². The molecule has 5 heteroatoms. The Morgan fingerprint density at radius 1 is 1.24 bits per heavy atom. The number of carbonyl (C=O) groups is 2. The summed E-state index contributed by atoms with van der Waals surface area (Å²) >= 11 is 0. The molecule has 1 amide bonds. The van der Waals surface area contributed by atoms with Crippen LogP contribution in [0.4, 0.5) is 0 Å². The van der Waals surface area contributed by atoms with Gasteiger partial charge in [0.25, 0.3) is 0 Å². The van der Waals surface area contributed by atoms with Crippen LogP contribution < -0.4 is 11.1 Å². The fourth-order valence-corrected chi connectivity index (χ4v) is 3.02. The third-order valence-corrected chi connectivity index (χ3v) is 4.23. The summed E-state index contributed by atoms with van der Waals surface area (Å²) in [6.07, 6.45) is 2.80. The van der Waals surface area contributed by atoms with Crippen LogP contribution in [0.1, 0.15) is 30.4 Å². The van der Waals surface area contributed by atoms with Gasteiger partial charge in [0.1, 0.15) is 0 Å². The molecule has 1 aromatic rings. The molecular weight excluding hydrogens is 268 g/mol. The van der Waals surface area contributed by atoms with Crippen molar-refractivity contribution < 1.29 is 14.7 Å². The first-order chi connectivity index (χ1) is 10.1. The zero-order valence-corrected chi connectivity index (χ0v) is 12.0. The molecule has 2 unspecified atom stereocenters. The van der Waals surface area contributed by atoms with Crippen molar-refractivity contribution in [1.29, 1.82) is 0 Å². The number of carboxylic acid groups (broad SMARTS) is 1. The van der Waals surface area contributed by atoms with E-state index in [2.05, 4.69) is 5.32 Å². The molecule has 114 valence electrons. The van der Waals surface area contributed by atoms with E-state index >= 15 is 0 Å². The largest absolute Gasteiger partial charge is 0.481 e. The first-order valence-electron chi connectivity index (χ1n) is 7.38. The van der Waals surface area contributed by atoms with Gasteiger partial charge in [-0.1, -0.05) is 30.7 Å². The molecular formula is C16H22N2O3. The van der Waals surface area contributed by atoms with E-state index in [0.717, 1.165) is 24.0 Å². The molecule has 1 aliphatic carbocycles. The first kappa shape index (κ1) is 15.5. The van der Waals surface area contributed by atoms with Crippen LogP contribution in [0.2, 0.25) is 0 Å². The number of benzene rings is 1. The van der Waals surface area contributed by atoms with E-state index in [1.165, 1.54) is 0 Å². The van der Waals surface area contributed by atoms with Gasteiger partial charge in [-0.25, -0.2) is 0 Å². The number of aliphatic carboxylic acids is 1. The SMILES string of the molecule is NCc1ccccc1CC(=O)NCC1CCCC1C(=O)O. The highest BCUT2D eigenvalue weighted by Crippen LogP contribution is 2.31. The number of rotatable bonds is 6. The van der Waals surface area contributed by atoms with Gasteiger partial charge in [0, 0.05) is 13.1 Å². The van der Waals surface area contributed by atoms with Crippen molar-refractivity contribution in [1.82, 2.24) is 5.32 Å². The van der Waals surface area contributed by atoms with Gasteiger partial charge in [0.15, 0.2) is 0 Å². The van der Waals surface area contributed by atoms with Crippen LogP contribution in [0.5, 0.6) is 0 Å². The van der Waals surface area contributed by atoms with Gasteiger partial charge in [0.2, 0.25) is 5.91 Å². The van der Waals surface area contributed by atoms with Crippen molar-refractivity contribution in [3.8, 4) is 0 Å². The highest BCUT2D eigenvalue weighted by atomic mass is 16.4. The minimum absolute atomic E-state index is 0.0520. The molecule has 2 rings (SSSR count). The molecule has 1 fully saturated rings. The molecule has 0 saturated heterocycles. The summed E-state index contributed by atoms with van der Waals surface area (Å²) < 4.78 is 0. The number of nitrogens with one attached hydrogen (secondary N) is 1. The molecule has 1 saturated carbocycles. The van der Waals surface area contributed by atoms with Crippen molar-refractivity contribution in [3.63, 3.8) is 0 Å². The minimum atomic E-state index is -0.750. The Morgan fingerprint density at radius 2 is 1.95 bits per heavy atom. The lowest BCUT2D eigenvalue weighted by atomic mass is 9.96. The van der Waals surface area contributed by atoms with Gasteiger partial charge in [0.05, 0.1) is 12.3 Å². The van der Waals surface area contributed by atoms with Gasteiger partial charge in [-0.3, -0.25) is 9.59 Å². The normalized spacial score (nSPS) is 21.2. The smallest absolute Gasteiger partial charge is 0.306 e. The second kappa shape index (κ2) is 7.22. The van der Waals surface area contributed by atoms with Gasteiger partial charge >= 0.3 is 5.97 Å². The predicted octanol–water partition coefficient (Wildman–Crippen LogP) is 1.30. The van der Waals surface area contributed by atoms with Crippen LogP contribution in [0.15, 0.2) is 24.3 Å². The third-order valence-electron chi connectivity index (χ3n) is 4.23. The average Bonchev–Trinajstić information content (AvgIpc) is 2.94. The topological polar surface area (TPSA) is 92.4 Å². The average molecular weight is 290 g/mol. The van der Waals surface area contributed by atoms with Crippen molar-refractivity contribution in [3.05, 3.63) is 35.4 Å². The van der Waals surface area contributed by atoms with Gasteiger partial charge in [-0.15, -0.1) is 0 Å². The summed E-state index contributed by atoms with van der Waals surface area (Å²) in [7, 11) is 0. The van der Waals surface area contributed by atoms with Crippen LogP contribution in [-0.4, -0.2) is 23.5 Å². The molecule has 2 atom stereocenters. The number of carbonyl (C=O) groups excluding carboxylic acids is 1. The Kier molecular flexibility index (Phi) is 5.33. The lowest BCUT2D eigenvalue weighted by Crippen LogP contribution is -2.34. The Labute approximate surface area is 124 Å². The third kappa shape index (κ3) is 4.04. The maximum Gasteiger partial charge on any atom is 0.306 e. The van der Waals surface area contributed by atoms with Crippen molar-refractivity contribution in [2.24, 2.45) is 17.6 Å². The van der Waals surface area contributed by atoms with Crippen LogP contribution in [0.3, 0.4) is 0 Å². The second-order valence-corrected chi connectivity index (χ2v) is 5.59. The Balaban J connectivity index is 1.86. The second-order valence-electron chi connectivity index (χ2n) is 5.59. The van der Waals surface area contributed by atoms with Gasteiger partial charge in [-0.05, 0) is 29.9 Å². The fraction of sp³-hybridized carbons (Fsp3) is 0.500. The van der Waals surface area contributed by atoms with Crippen molar-refractivity contribution >= 4 is 11.9 Å².